The van der Waals surface area contributed by atoms with Crippen molar-refractivity contribution in [1.82, 2.24) is 14.4 Å². The molecule has 0 spiro atoms. The Morgan fingerprint density at radius 3 is 2.50 bits per heavy atom. The molecule has 1 heterocycles. The Labute approximate surface area is 222 Å². The highest BCUT2D eigenvalue weighted by atomic mass is 19.4. The third-order valence-electron chi connectivity index (χ3n) is 7.66. The monoisotopic (exact) mass is 533 g/mol. The van der Waals surface area contributed by atoms with Crippen molar-refractivity contribution >= 4 is 11.8 Å². The van der Waals surface area contributed by atoms with E-state index in [4.69, 9.17) is 4.74 Å². The third-order valence-corrected chi connectivity index (χ3v) is 7.66. The SMILES string of the molecule is COCCN(Cc1cccn1Cc1cccc(C(F)(F)F)c1)C(=O)CN(C(=O)CCC1CCCC1)C1CC1. The Kier molecular flexibility index (Phi) is 9.52. The van der Waals surface area contributed by atoms with E-state index in [1.807, 2.05) is 16.7 Å². The lowest BCUT2D eigenvalue weighted by Gasteiger charge is -2.28. The molecule has 1 aromatic heterocycles. The van der Waals surface area contributed by atoms with Gasteiger partial charge in [-0.2, -0.15) is 13.2 Å². The van der Waals surface area contributed by atoms with Crippen molar-refractivity contribution in [3.05, 3.63) is 59.4 Å². The minimum Gasteiger partial charge on any atom is -0.383 e. The van der Waals surface area contributed by atoms with Gasteiger partial charge in [-0.15, -0.1) is 0 Å². The van der Waals surface area contributed by atoms with Crippen LogP contribution in [0.2, 0.25) is 0 Å². The van der Waals surface area contributed by atoms with Crippen LogP contribution < -0.4 is 0 Å². The van der Waals surface area contributed by atoms with Crippen molar-refractivity contribution in [3.8, 4) is 0 Å². The van der Waals surface area contributed by atoms with E-state index in [0.29, 0.717) is 31.1 Å². The summed E-state index contributed by atoms with van der Waals surface area (Å²) in [7, 11) is 1.57. The van der Waals surface area contributed by atoms with Crippen molar-refractivity contribution in [1.29, 1.82) is 0 Å². The maximum Gasteiger partial charge on any atom is 0.416 e. The molecule has 0 aliphatic heterocycles. The van der Waals surface area contributed by atoms with Gasteiger partial charge in [-0.3, -0.25) is 9.59 Å². The summed E-state index contributed by atoms with van der Waals surface area (Å²) < 4.78 is 46.6. The highest BCUT2D eigenvalue weighted by Crippen LogP contribution is 2.32. The molecule has 0 unspecified atom stereocenters. The summed E-state index contributed by atoms with van der Waals surface area (Å²) in [5, 5.41) is 0. The van der Waals surface area contributed by atoms with E-state index >= 15 is 0 Å². The van der Waals surface area contributed by atoms with Crippen LogP contribution in [-0.2, 0) is 33.6 Å². The molecule has 208 valence electrons. The fourth-order valence-corrected chi connectivity index (χ4v) is 5.30. The van der Waals surface area contributed by atoms with Crippen LogP contribution in [-0.4, -0.2) is 59.0 Å². The van der Waals surface area contributed by atoms with Crippen LogP contribution >= 0.6 is 0 Å². The molecule has 2 aromatic rings. The zero-order chi connectivity index (χ0) is 27.1. The van der Waals surface area contributed by atoms with Crippen molar-refractivity contribution in [2.45, 2.75) is 76.7 Å². The van der Waals surface area contributed by atoms with Crippen molar-refractivity contribution in [3.63, 3.8) is 0 Å². The zero-order valence-electron chi connectivity index (χ0n) is 22.1. The quantitative estimate of drug-likeness (QED) is 0.342. The van der Waals surface area contributed by atoms with E-state index < -0.39 is 11.7 Å². The first-order valence-corrected chi connectivity index (χ1v) is 13.6. The highest BCUT2D eigenvalue weighted by molar-refractivity contribution is 5.85. The molecule has 0 radical (unpaired) electrons. The fraction of sp³-hybridized carbons (Fsp3) is 0.586. The summed E-state index contributed by atoms with van der Waals surface area (Å²) in [4.78, 5) is 30.0. The Balaban J connectivity index is 1.41. The molecule has 6 nitrogen and oxygen atoms in total. The molecule has 38 heavy (non-hydrogen) atoms. The molecule has 2 saturated carbocycles. The molecule has 2 aliphatic rings. The number of halogens is 3. The van der Waals surface area contributed by atoms with E-state index in [1.54, 1.807) is 29.2 Å². The van der Waals surface area contributed by atoms with Gasteiger partial charge in [0, 0.05) is 44.6 Å². The number of carbonyl (C=O) groups is 2. The van der Waals surface area contributed by atoms with Gasteiger partial charge in [0.1, 0.15) is 6.54 Å². The maximum atomic E-state index is 13.4. The number of benzene rings is 1. The summed E-state index contributed by atoms with van der Waals surface area (Å²) >= 11 is 0. The highest BCUT2D eigenvalue weighted by Gasteiger charge is 2.35. The second-order valence-electron chi connectivity index (χ2n) is 10.6. The molecule has 0 bridgehead atoms. The van der Waals surface area contributed by atoms with Gasteiger partial charge in [-0.05, 0) is 55.0 Å². The number of hydrogen-bond acceptors (Lipinski definition) is 3. The zero-order valence-corrected chi connectivity index (χ0v) is 22.1. The van der Waals surface area contributed by atoms with Gasteiger partial charge in [0.25, 0.3) is 0 Å². The van der Waals surface area contributed by atoms with Crippen LogP contribution in [0.15, 0.2) is 42.6 Å². The molecule has 1 aromatic carbocycles. The first-order valence-electron chi connectivity index (χ1n) is 13.6. The number of carbonyl (C=O) groups excluding carboxylic acids is 2. The van der Waals surface area contributed by atoms with Gasteiger partial charge >= 0.3 is 6.18 Å². The molecule has 2 fully saturated rings. The average Bonchev–Trinajstić information content (AvgIpc) is 3.41. The molecule has 0 N–H and O–H groups in total. The average molecular weight is 534 g/mol. The Bertz CT molecular complexity index is 1070. The van der Waals surface area contributed by atoms with Gasteiger partial charge < -0.3 is 19.1 Å². The summed E-state index contributed by atoms with van der Waals surface area (Å²) in [6.07, 6.45) is 5.53. The molecule has 4 rings (SSSR count). The van der Waals surface area contributed by atoms with E-state index in [-0.39, 0.29) is 37.5 Å². The smallest absolute Gasteiger partial charge is 0.383 e. The van der Waals surface area contributed by atoms with Crippen molar-refractivity contribution in [2.75, 3.05) is 26.8 Å². The van der Waals surface area contributed by atoms with Gasteiger partial charge in [-0.1, -0.05) is 37.8 Å². The summed E-state index contributed by atoms with van der Waals surface area (Å²) in [6, 6.07) is 9.12. The van der Waals surface area contributed by atoms with Crippen LogP contribution in [0, 0.1) is 5.92 Å². The summed E-state index contributed by atoms with van der Waals surface area (Å²) in [5.74, 6) is 0.542. The number of aromatic nitrogens is 1. The predicted molar refractivity (Wildman–Crippen MR) is 138 cm³/mol. The molecule has 2 amide bonds. The predicted octanol–water partition coefficient (Wildman–Crippen LogP) is 5.49. The second kappa shape index (κ2) is 12.8. The van der Waals surface area contributed by atoms with Gasteiger partial charge in [0.05, 0.1) is 18.7 Å². The lowest BCUT2D eigenvalue weighted by atomic mass is 10.0. The number of nitrogens with zero attached hydrogens (tertiary/aromatic N) is 3. The maximum absolute atomic E-state index is 13.4. The minimum absolute atomic E-state index is 0.0478. The number of ether oxygens (including phenoxy) is 1. The number of amides is 2. The minimum atomic E-state index is -4.40. The normalized spacial score (nSPS) is 16.1. The van der Waals surface area contributed by atoms with Crippen LogP contribution in [0.3, 0.4) is 0 Å². The lowest BCUT2D eigenvalue weighted by molar-refractivity contribution is -0.142. The molecular formula is C29H38F3N3O3. The largest absolute Gasteiger partial charge is 0.416 e. The van der Waals surface area contributed by atoms with E-state index in [9.17, 15) is 22.8 Å². The molecule has 0 atom stereocenters. The van der Waals surface area contributed by atoms with Crippen LogP contribution in [0.1, 0.15) is 68.2 Å². The van der Waals surface area contributed by atoms with Crippen LogP contribution in [0.5, 0.6) is 0 Å². The number of alkyl halides is 3. The standard InChI is InChI=1S/C29H38F3N3O3/c1-38-17-16-34(28(37)21-35(25-12-13-25)27(36)14-11-22-6-2-3-7-22)20-26-10-5-15-33(26)19-23-8-4-9-24(18-23)29(30,31)32/h4-5,8-10,15,18,22,25H,2-3,6-7,11-14,16-17,19-21H2,1H3. The topological polar surface area (TPSA) is 54.8 Å². The molecular weight excluding hydrogens is 495 g/mol. The van der Waals surface area contributed by atoms with E-state index in [0.717, 1.165) is 37.1 Å². The lowest BCUT2D eigenvalue weighted by Crippen LogP contribution is -2.44. The van der Waals surface area contributed by atoms with E-state index in [2.05, 4.69) is 0 Å². The Morgan fingerprint density at radius 2 is 1.82 bits per heavy atom. The second-order valence-corrected chi connectivity index (χ2v) is 10.6. The van der Waals surface area contributed by atoms with Gasteiger partial charge in [0.15, 0.2) is 0 Å². The third kappa shape index (κ3) is 7.85. The summed E-state index contributed by atoms with van der Waals surface area (Å²) in [6.45, 7) is 1.29. The molecule has 0 saturated heterocycles. The first kappa shape index (κ1) is 28.2. The number of rotatable bonds is 13. The summed E-state index contributed by atoms with van der Waals surface area (Å²) in [5.41, 5.74) is 0.649. The fourth-order valence-electron chi connectivity index (χ4n) is 5.30. The first-order chi connectivity index (χ1) is 18.2. The van der Waals surface area contributed by atoms with Crippen LogP contribution in [0.4, 0.5) is 13.2 Å². The van der Waals surface area contributed by atoms with Gasteiger partial charge in [-0.25, -0.2) is 0 Å². The van der Waals surface area contributed by atoms with E-state index in [1.165, 1.54) is 31.7 Å². The number of hydrogen-bond donors (Lipinski definition) is 0. The Morgan fingerprint density at radius 1 is 1.05 bits per heavy atom. The van der Waals surface area contributed by atoms with Crippen LogP contribution in [0.25, 0.3) is 0 Å². The Hall–Kier alpha value is -2.81. The van der Waals surface area contributed by atoms with Crippen molar-refractivity contribution in [2.24, 2.45) is 5.92 Å². The molecule has 2 aliphatic carbocycles. The van der Waals surface area contributed by atoms with Crippen molar-refractivity contribution < 1.29 is 27.5 Å². The number of methoxy groups -OCH3 is 1. The van der Waals surface area contributed by atoms with Gasteiger partial charge in [0.2, 0.25) is 11.8 Å². The molecule has 9 heteroatoms.